The van der Waals surface area contributed by atoms with Crippen LogP contribution < -0.4 is 10.1 Å². The average molecular weight is 413 g/mol. The van der Waals surface area contributed by atoms with Gasteiger partial charge in [-0.2, -0.15) is 0 Å². The Hall–Kier alpha value is -2.80. The van der Waals surface area contributed by atoms with Gasteiger partial charge in [-0.15, -0.1) is 11.3 Å². The number of amides is 1. The number of rotatable bonds is 7. The van der Waals surface area contributed by atoms with Crippen LogP contribution in [0.4, 0.5) is 0 Å². The Morgan fingerprint density at radius 1 is 1.24 bits per heavy atom. The number of ether oxygens (including phenoxy) is 2. The van der Waals surface area contributed by atoms with Crippen LogP contribution in [-0.2, 0) is 33.7 Å². The number of nitrogens with one attached hydrogen (secondary N) is 1. The maximum Gasteiger partial charge on any atom is 0.344 e. The molecule has 6 nitrogen and oxygen atoms in total. The Balaban J connectivity index is 1.29. The first kappa shape index (κ1) is 19.5. The summed E-state index contributed by atoms with van der Waals surface area (Å²) < 4.78 is 16.7. The predicted octanol–water partition coefficient (Wildman–Crippen LogP) is 4.00. The van der Waals surface area contributed by atoms with Gasteiger partial charge in [0.15, 0.2) is 12.7 Å². The fourth-order valence-corrected chi connectivity index (χ4v) is 4.13. The Bertz CT molecular complexity index is 1010. The number of thiophene rings is 1. The zero-order chi connectivity index (χ0) is 20.2. The number of esters is 1. The second-order valence-electron chi connectivity index (χ2n) is 7.09. The average Bonchev–Trinajstić information content (AvgIpc) is 3.37. The van der Waals surface area contributed by atoms with Crippen LogP contribution in [0.25, 0.3) is 11.0 Å². The van der Waals surface area contributed by atoms with E-state index < -0.39 is 12.1 Å². The van der Waals surface area contributed by atoms with E-state index in [-0.39, 0.29) is 12.5 Å². The number of benzene rings is 1. The molecule has 7 heteroatoms. The van der Waals surface area contributed by atoms with Gasteiger partial charge in [-0.05, 0) is 55.8 Å². The largest absolute Gasteiger partial charge is 0.482 e. The normalized spacial score (nSPS) is 14.2. The molecule has 1 atom stereocenters. The van der Waals surface area contributed by atoms with Gasteiger partial charge < -0.3 is 19.2 Å². The van der Waals surface area contributed by atoms with Crippen molar-refractivity contribution in [2.75, 3.05) is 6.61 Å². The van der Waals surface area contributed by atoms with Crippen molar-refractivity contribution < 1.29 is 23.5 Å². The van der Waals surface area contributed by atoms with Crippen LogP contribution in [0.1, 0.15) is 36.0 Å². The van der Waals surface area contributed by atoms with Crippen LogP contribution in [0.2, 0.25) is 0 Å². The molecule has 2 aromatic heterocycles. The van der Waals surface area contributed by atoms with Gasteiger partial charge in [0.2, 0.25) is 0 Å². The first-order valence-electron chi connectivity index (χ1n) is 9.77. The van der Waals surface area contributed by atoms with Gasteiger partial charge in [0, 0.05) is 22.2 Å². The smallest absolute Gasteiger partial charge is 0.344 e. The molecule has 1 N–H and O–H groups in total. The van der Waals surface area contributed by atoms with E-state index in [1.54, 1.807) is 24.3 Å². The van der Waals surface area contributed by atoms with Crippen molar-refractivity contribution in [2.24, 2.45) is 0 Å². The summed E-state index contributed by atoms with van der Waals surface area (Å²) in [5.41, 5.74) is 2.10. The summed E-state index contributed by atoms with van der Waals surface area (Å²) in [5.74, 6) is 0.722. The molecular formula is C22H23NO5S. The monoisotopic (exact) mass is 413 g/mol. The Labute approximate surface area is 172 Å². The molecule has 0 saturated heterocycles. The summed E-state index contributed by atoms with van der Waals surface area (Å²) >= 11 is 1.56. The lowest BCUT2D eigenvalue weighted by Crippen LogP contribution is -2.36. The van der Waals surface area contributed by atoms with E-state index in [0.29, 0.717) is 12.3 Å². The molecular weight excluding hydrogens is 390 g/mol. The van der Waals surface area contributed by atoms with Crippen LogP contribution in [0.3, 0.4) is 0 Å². The standard InChI is InChI=1S/C22H23NO5S/c1-14(22(25)23-12-16-5-4-10-29-16)27-21(24)13-26-15-8-9-20-18(11-15)17-6-2-3-7-19(17)28-20/h4-5,8-11,14H,2-3,6-7,12-13H2,1H3,(H,23,25). The third-order valence-corrected chi connectivity index (χ3v) is 5.85. The predicted molar refractivity (Wildman–Crippen MR) is 110 cm³/mol. The van der Waals surface area contributed by atoms with E-state index in [1.807, 2.05) is 29.6 Å². The highest BCUT2D eigenvalue weighted by Gasteiger charge is 2.20. The van der Waals surface area contributed by atoms with Gasteiger partial charge in [0.1, 0.15) is 17.1 Å². The van der Waals surface area contributed by atoms with Gasteiger partial charge >= 0.3 is 5.97 Å². The summed E-state index contributed by atoms with van der Waals surface area (Å²) in [4.78, 5) is 25.2. The van der Waals surface area contributed by atoms with Crippen molar-refractivity contribution in [3.05, 3.63) is 51.9 Å². The van der Waals surface area contributed by atoms with Crippen molar-refractivity contribution in [1.82, 2.24) is 5.32 Å². The van der Waals surface area contributed by atoms with Crippen molar-refractivity contribution >= 4 is 34.2 Å². The van der Waals surface area contributed by atoms with E-state index in [2.05, 4.69) is 5.32 Å². The zero-order valence-electron chi connectivity index (χ0n) is 16.2. The highest BCUT2D eigenvalue weighted by atomic mass is 32.1. The molecule has 0 fully saturated rings. The third kappa shape index (κ3) is 4.62. The highest BCUT2D eigenvalue weighted by molar-refractivity contribution is 7.09. The molecule has 1 unspecified atom stereocenters. The maximum absolute atomic E-state index is 12.1. The number of carbonyl (C=O) groups is 2. The zero-order valence-corrected chi connectivity index (χ0v) is 17.1. The summed E-state index contributed by atoms with van der Waals surface area (Å²) in [7, 11) is 0. The van der Waals surface area contributed by atoms with Gasteiger partial charge in [-0.1, -0.05) is 6.07 Å². The second kappa shape index (κ2) is 8.69. The first-order valence-corrected chi connectivity index (χ1v) is 10.6. The molecule has 0 saturated carbocycles. The van der Waals surface area contributed by atoms with E-state index >= 15 is 0 Å². The molecule has 1 amide bonds. The quantitative estimate of drug-likeness (QED) is 0.593. The lowest BCUT2D eigenvalue weighted by molar-refractivity contribution is -0.156. The van der Waals surface area contributed by atoms with Crippen molar-refractivity contribution in [1.29, 1.82) is 0 Å². The fraction of sp³-hybridized carbons (Fsp3) is 0.364. The van der Waals surface area contributed by atoms with Crippen molar-refractivity contribution in [3.63, 3.8) is 0 Å². The number of hydrogen-bond acceptors (Lipinski definition) is 6. The lowest BCUT2D eigenvalue weighted by Gasteiger charge is -2.13. The summed E-state index contributed by atoms with van der Waals surface area (Å²) in [6.45, 7) is 1.71. The van der Waals surface area contributed by atoms with Crippen LogP contribution >= 0.6 is 11.3 Å². The molecule has 0 radical (unpaired) electrons. The van der Waals surface area contributed by atoms with Crippen LogP contribution in [0.15, 0.2) is 40.1 Å². The molecule has 1 aromatic carbocycles. The number of aryl methyl sites for hydroxylation is 2. The number of hydrogen-bond donors (Lipinski definition) is 1. The third-order valence-electron chi connectivity index (χ3n) is 4.98. The minimum absolute atomic E-state index is 0.256. The number of fused-ring (bicyclic) bond motifs is 3. The van der Waals surface area contributed by atoms with Gasteiger partial charge in [0.05, 0.1) is 6.54 Å². The fourth-order valence-electron chi connectivity index (χ4n) is 3.49. The molecule has 4 rings (SSSR count). The van der Waals surface area contributed by atoms with Gasteiger partial charge in [0.25, 0.3) is 5.91 Å². The van der Waals surface area contributed by atoms with Crippen molar-refractivity contribution in [3.8, 4) is 5.75 Å². The maximum atomic E-state index is 12.1. The Kier molecular flexibility index (Phi) is 5.85. The van der Waals surface area contributed by atoms with E-state index in [4.69, 9.17) is 13.9 Å². The highest BCUT2D eigenvalue weighted by Crippen LogP contribution is 2.33. The second-order valence-corrected chi connectivity index (χ2v) is 8.12. The minimum atomic E-state index is -0.880. The Morgan fingerprint density at radius 2 is 2.10 bits per heavy atom. The molecule has 3 aromatic rings. The molecule has 1 aliphatic rings. The molecule has 0 spiro atoms. The van der Waals surface area contributed by atoms with E-state index in [9.17, 15) is 9.59 Å². The summed E-state index contributed by atoms with van der Waals surface area (Å²) in [6, 6.07) is 9.41. The molecule has 1 aliphatic carbocycles. The van der Waals surface area contributed by atoms with E-state index in [1.165, 1.54) is 5.56 Å². The van der Waals surface area contributed by atoms with Crippen molar-refractivity contribution in [2.45, 2.75) is 45.3 Å². The summed E-state index contributed by atoms with van der Waals surface area (Å²) in [6.07, 6.45) is 3.41. The molecule has 152 valence electrons. The van der Waals surface area contributed by atoms with E-state index in [0.717, 1.165) is 47.3 Å². The Morgan fingerprint density at radius 3 is 2.93 bits per heavy atom. The van der Waals surface area contributed by atoms with Crippen LogP contribution in [-0.4, -0.2) is 24.6 Å². The topological polar surface area (TPSA) is 77.8 Å². The lowest BCUT2D eigenvalue weighted by atomic mass is 9.96. The molecule has 0 bridgehead atoms. The van der Waals surface area contributed by atoms with Gasteiger partial charge in [-0.3, -0.25) is 4.79 Å². The number of carbonyl (C=O) groups excluding carboxylic acids is 2. The first-order chi connectivity index (χ1) is 14.1. The molecule has 2 heterocycles. The SMILES string of the molecule is CC(OC(=O)COc1ccc2oc3c(c2c1)CCCC3)C(=O)NCc1cccs1. The minimum Gasteiger partial charge on any atom is -0.482 e. The van der Waals surface area contributed by atoms with Crippen LogP contribution in [0, 0.1) is 0 Å². The number of furan rings is 1. The summed E-state index contributed by atoms with van der Waals surface area (Å²) in [5, 5.41) is 5.74. The van der Waals surface area contributed by atoms with Crippen LogP contribution in [0.5, 0.6) is 5.75 Å². The molecule has 0 aliphatic heterocycles. The molecule has 29 heavy (non-hydrogen) atoms. The van der Waals surface area contributed by atoms with Gasteiger partial charge in [-0.25, -0.2) is 4.79 Å².